The Bertz CT molecular complexity index is 502. The third-order valence-electron chi connectivity index (χ3n) is 3.89. The van der Waals surface area contributed by atoms with Crippen molar-refractivity contribution in [3.63, 3.8) is 0 Å². The molecule has 0 radical (unpaired) electrons. The van der Waals surface area contributed by atoms with E-state index in [9.17, 15) is 14.5 Å². The van der Waals surface area contributed by atoms with Crippen LogP contribution in [0.1, 0.15) is 32.3 Å². The first-order valence-electron chi connectivity index (χ1n) is 7.37. The zero-order valence-electron chi connectivity index (χ0n) is 12.5. The SMILES string of the molecule is CC(C)N(Cc1cc(F)cc([N+](=O)[O-])c1)CC1CCCN1. The van der Waals surface area contributed by atoms with Gasteiger partial charge in [-0.3, -0.25) is 15.0 Å². The topological polar surface area (TPSA) is 58.4 Å². The highest BCUT2D eigenvalue weighted by Gasteiger charge is 2.20. The van der Waals surface area contributed by atoms with Gasteiger partial charge in [-0.25, -0.2) is 4.39 Å². The zero-order valence-corrected chi connectivity index (χ0v) is 12.5. The van der Waals surface area contributed by atoms with Crippen LogP contribution in [0.2, 0.25) is 0 Å². The van der Waals surface area contributed by atoms with Gasteiger partial charge in [-0.15, -0.1) is 0 Å². The number of hydrogen-bond donors (Lipinski definition) is 1. The second-order valence-electron chi connectivity index (χ2n) is 5.89. The maximum absolute atomic E-state index is 13.5. The Morgan fingerprint density at radius 1 is 1.48 bits per heavy atom. The van der Waals surface area contributed by atoms with E-state index >= 15 is 0 Å². The van der Waals surface area contributed by atoms with Crippen LogP contribution in [0.15, 0.2) is 18.2 Å². The molecular formula is C15H22FN3O2. The molecule has 0 bridgehead atoms. The minimum Gasteiger partial charge on any atom is -0.313 e. The summed E-state index contributed by atoms with van der Waals surface area (Å²) in [6.45, 7) is 6.61. The Morgan fingerprint density at radius 2 is 2.24 bits per heavy atom. The van der Waals surface area contributed by atoms with E-state index in [-0.39, 0.29) is 5.69 Å². The van der Waals surface area contributed by atoms with Crippen LogP contribution < -0.4 is 5.32 Å². The van der Waals surface area contributed by atoms with Crippen LogP contribution in [0.3, 0.4) is 0 Å². The van der Waals surface area contributed by atoms with Crippen LogP contribution in [-0.4, -0.2) is 35.0 Å². The molecule has 2 rings (SSSR count). The smallest absolute Gasteiger partial charge is 0.272 e. The maximum atomic E-state index is 13.5. The first-order chi connectivity index (χ1) is 9.95. The zero-order chi connectivity index (χ0) is 15.4. The average Bonchev–Trinajstić information content (AvgIpc) is 2.90. The minimum absolute atomic E-state index is 0.187. The van der Waals surface area contributed by atoms with Gasteiger partial charge in [-0.1, -0.05) is 0 Å². The number of halogens is 1. The lowest BCUT2D eigenvalue weighted by atomic mass is 10.1. The summed E-state index contributed by atoms with van der Waals surface area (Å²) in [5, 5.41) is 14.3. The molecule has 116 valence electrons. The number of benzene rings is 1. The van der Waals surface area contributed by atoms with Crippen LogP contribution in [0.5, 0.6) is 0 Å². The number of non-ortho nitro benzene ring substituents is 1. The summed E-state index contributed by atoms with van der Waals surface area (Å²) in [6, 6.07) is 4.55. The van der Waals surface area contributed by atoms with E-state index in [1.54, 1.807) is 0 Å². The van der Waals surface area contributed by atoms with Crippen molar-refractivity contribution in [2.45, 2.75) is 45.3 Å². The lowest BCUT2D eigenvalue weighted by Crippen LogP contribution is -2.40. The summed E-state index contributed by atoms with van der Waals surface area (Å²) in [5.41, 5.74) is 0.459. The number of nitro benzene ring substituents is 1. The van der Waals surface area contributed by atoms with E-state index < -0.39 is 10.7 Å². The molecule has 0 saturated carbocycles. The van der Waals surface area contributed by atoms with Crippen molar-refractivity contribution in [3.05, 3.63) is 39.7 Å². The summed E-state index contributed by atoms with van der Waals surface area (Å²) in [4.78, 5) is 12.5. The van der Waals surface area contributed by atoms with Gasteiger partial charge in [0.1, 0.15) is 5.82 Å². The third-order valence-corrected chi connectivity index (χ3v) is 3.89. The molecule has 0 aliphatic carbocycles. The van der Waals surface area contributed by atoms with Crippen molar-refractivity contribution in [1.29, 1.82) is 0 Å². The van der Waals surface area contributed by atoms with Crippen LogP contribution in [0.25, 0.3) is 0 Å². The summed E-state index contributed by atoms with van der Waals surface area (Å²) >= 11 is 0. The number of nitro groups is 1. The normalized spacial score (nSPS) is 18.6. The minimum atomic E-state index is -0.554. The Morgan fingerprint density at radius 3 is 2.81 bits per heavy atom. The van der Waals surface area contributed by atoms with Crippen LogP contribution >= 0.6 is 0 Å². The number of hydrogen-bond acceptors (Lipinski definition) is 4. The van der Waals surface area contributed by atoms with Crippen LogP contribution in [0, 0.1) is 15.9 Å². The molecule has 1 aromatic carbocycles. The predicted octanol–water partition coefficient (Wildman–Crippen LogP) is 2.70. The molecule has 1 saturated heterocycles. The van der Waals surface area contributed by atoms with Gasteiger partial charge in [-0.2, -0.15) is 0 Å². The molecule has 1 heterocycles. The fourth-order valence-electron chi connectivity index (χ4n) is 2.72. The number of nitrogens with one attached hydrogen (secondary N) is 1. The molecule has 1 aliphatic heterocycles. The van der Waals surface area contributed by atoms with Gasteiger partial charge in [0.2, 0.25) is 0 Å². The van der Waals surface area contributed by atoms with Gasteiger partial charge in [0.15, 0.2) is 0 Å². The Balaban J connectivity index is 2.10. The van der Waals surface area contributed by atoms with E-state index in [4.69, 9.17) is 0 Å². The van der Waals surface area contributed by atoms with Gasteiger partial charge >= 0.3 is 0 Å². The Labute approximate surface area is 124 Å². The van der Waals surface area contributed by atoms with Gasteiger partial charge in [-0.05, 0) is 44.9 Å². The van der Waals surface area contributed by atoms with Crippen molar-refractivity contribution >= 4 is 5.69 Å². The molecular weight excluding hydrogens is 273 g/mol. The monoisotopic (exact) mass is 295 g/mol. The molecule has 0 amide bonds. The van der Waals surface area contributed by atoms with Gasteiger partial charge in [0.05, 0.1) is 11.0 Å². The average molecular weight is 295 g/mol. The molecule has 1 fully saturated rings. The number of rotatable bonds is 6. The first kappa shape index (κ1) is 15.9. The molecule has 1 N–H and O–H groups in total. The molecule has 0 aromatic heterocycles. The highest BCUT2D eigenvalue weighted by Crippen LogP contribution is 2.19. The highest BCUT2D eigenvalue weighted by atomic mass is 19.1. The fraction of sp³-hybridized carbons (Fsp3) is 0.600. The summed E-state index contributed by atoms with van der Waals surface area (Å²) in [7, 11) is 0. The number of nitrogens with zero attached hydrogens (tertiary/aromatic N) is 2. The van der Waals surface area contributed by atoms with Crippen LogP contribution in [0.4, 0.5) is 10.1 Å². The lowest BCUT2D eigenvalue weighted by molar-refractivity contribution is -0.385. The van der Waals surface area contributed by atoms with Gasteiger partial charge in [0.25, 0.3) is 5.69 Å². The van der Waals surface area contributed by atoms with Crippen molar-refractivity contribution in [3.8, 4) is 0 Å². The Hall–Kier alpha value is -1.53. The van der Waals surface area contributed by atoms with Crippen LogP contribution in [-0.2, 0) is 6.54 Å². The van der Waals surface area contributed by atoms with Crippen molar-refractivity contribution in [1.82, 2.24) is 10.2 Å². The fourth-order valence-corrected chi connectivity index (χ4v) is 2.72. The van der Waals surface area contributed by atoms with E-state index in [2.05, 4.69) is 24.1 Å². The molecule has 5 nitrogen and oxygen atoms in total. The van der Waals surface area contributed by atoms with E-state index in [1.807, 2.05) is 0 Å². The molecule has 21 heavy (non-hydrogen) atoms. The summed E-state index contributed by atoms with van der Waals surface area (Å²) in [6.07, 6.45) is 2.33. The van der Waals surface area contributed by atoms with E-state index in [1.165, 1.54) is 18.6 Å². The molecule has 1 unspecified atom stereocenters. The largest absolute Gasteiger partial charge is 0.313 e. The van der Waals surface area contributed by atoms with Gasteiger partial charge < -0.3 is 5.32 Å². The van der Waals surface area contributed by atoms with Gasteiger partial charge in [0, 0.05) is 31.2 Å². The molecule has 6 heteroatoms. The maximum Gasteiger partial charge on any atom is 0.272 e. The first-order valence-corrected chi connectivity index (χ1v) is 7.37. The second-order valence-corrected chi connectivity index (χ2v) is 5.89. The van der Waals surface area contributed by atoms with E-state index in [0.717, 1.165) is 25.6 Å². The molecule has 0 spiro atoms. The molecule has 1 aromatic rings. The molecule has 1 atom stereocenters. The van der Waals surface area contributed by atoms with Crippen molar-refractivity contribution in [2.75, 3.05) is 13.1 Å². The highest BCUT2D eigenvalue weighted by molar-refractivity contribution is 5.35. The van der Waals surface area contributed by atoms with Crippen molar-refractivity contribution < 1.29 is 9.31 Å². The standard InChI is InChI=1S/C15H22FN3O2/c1-11(2)18(10-14-4-3-5-17-14)9-12-6-13(16)8-15(7-12)19(20)21/h6-8,11,14,17H,3-5,9-10H2,1-2H3. The third kappa shape index (κ3) is 4.47. The Kier molecular flexibility index (Phi) is 5.25. The predicted molar refractivity (Wildman–Crippen MR) is 79.6 cm³/mol. The summed E-state index contributed by atoms with van der Waals surface area (Å²) < 4.78 is 13.5. The van der Waals surface area contributed by atoms with E-state index in [0.29, 0.717) is 24.2 Å². The van der Waals surface area contributed by atoms with Crippen molar-refractivity contribution in [2.24, 2.45) is 0 Å². The lowest BCUT2D eigenvalue weighted by Gasteiger charge is -2.29. The second kappa shape index (κ2) is 6.95. The quantitative estimate of drug-likeness (QED) is 0.647. The summed E-state index contributed by atoms with van der Waals surface area (Å²) in [5.74, 6) is -0.554. The molecule has 1 aliphatic rings.